The van der Waals surface area contributed by atoms with E-state index in [9.17, 15) is 9.59 Å². The van der Waals surface area contributed by atoms with Crippen LogP contribution in [-0.4, -0.2) is 19.9 Å². The lowest BCUT2D eigenvalue weighted by Gasteiger charge is -2.20. The van der Waals surface area contributed by atoms with E-state index in [2.05, 4.69) is 0 Å². The maximum atomic E-state index is 11.0. The molecule has 3 heteroatoms. The van der Waals surface area contributed by atoms with Gasteiger partial charge in [0.15, 0.2) is 0 Å². The number of rotatable bonds is 1. The fourth-order valence-electron chi connectivity index (χ4n) is 1.30. The van der Waals surface area contributed by atoms with E-state index in [1.807, 2.05) is 7.85 Å². The summed E-state index contributed by atoms with van der Waals surface area (Å²) in [5.74, 6) is 0.461. The first-order valence-corrected chi connectivity index (χ1v) is 3.72. The van der Waals surface area contributed by atoms with E-state index in [-0.39, 0.29) is 17.5 Å². The third-order valence-electron chi connectivity index (χ3n) is 2.18. The molecule has 0 amide bonds. The highest BCUT2D eigenvalue weighted by atomic mass is 16.1. The minimum atomic E-state index is 0.0173. The summed E-state index contributed by atoms with van der Waals surface area (Å²) in [6, 6.07) is 0. The van der Waals surface area contributed by atoms with Gasteiger partial charge in [-0.3, -0.25) is 0 Å². The normalized spacial score (nSPS) is 33.8. The Bertz CT molecular complexity index is 156. The van der Waals surface area contributed by atoms with Gasteiger partial charge < -0.3 is 9.59 Å². The van der Waals surface area contributed by atoms with E-state index in [4.69, 9.17) is 0 Å². The van der Waals surface area contributed by atoms with Crippen molar-refractivity contribution in [1.29, 1.82) is 0 Å². The topological polar surface area (TPSA) is 34.1 Å². The van der Waals surface area contributed by atoms with Gasteiger partial charge in [-0.15, -0.1) is 0 Å². The molecule has 0 heterocycles. The van der Waals surface area contributed by atoms with Crippen LogP contribution < -0.4 is 0 Å². The smallest absolute Gasteiger partial charge is 0.128 e. The third kappa shape index (κ3) is 1.46. The first-order chi connectivity index (χ1) is 4.74. The van der Waals surface area contributed by atoms with E-state index in [1.54, 1.807) is 0 Å². The summed E-state index contributed by atoms with van der Waals surface area (Å²) in [7, 11) is 1.93. The Morgan fingerprint density at radius 2 is 2.20 bits per heavy atom. The number of carbonyl (C=O) groups excluding carboxylic acids is 2. The maximum absolute atomic E-state index is 11.0. The molecule has 2 atom stereocenters. The predicted octanol–water partition coefficient (Wildman–Crippen LogP) is -0.0239. The van der Waals surface area contributed by atoms with Crippen molar-refractivity contribution in [2.24, 2.45) is 5.92 Å². The van der Waals surface area contributed by atoms with Crippen molar-refractivity contribution >= 4 is 19.9 Å². The summed E-state index contributed by atoms with van der Waals surface area (Å²) in [6.45, 7) is 0. The third-order valence-corrected chi connectivity index (χ3v) is 2.18. The van der Waals surface area contributed by atoms with Crippen LogP contribution >= 0.6 is 0 Å². The fraction of sp³-hybridized carbons (Fsp3) is 0.714. The lowest BCUT2D eigenvalue weighted by Crippen LogP contribution is -2.21. The zero-order chi connectivity index (χ0) is 7.56. The van der Waals surface area contributed by atoms with Gasteiger partial charge in [-0.1, -0.05) is 6.42 Å². The molecule has 0 aliphatic heterocycles. The van der Waals surface area contributed by atoms with Crippen LogP contribution in [0, 0.1) is 5.92 Å². The van der Waals surface area contributed by atoms with Gasteiger partial charge in [0.25, 0.3) is 0 Å². The van der Waals surface area contributed by atoms with Gasteiger partial charge in [0.05, 0.1) is 0 Å². The second-order valence-electron chi connectivity index (χ2n) is 3.04. The minimum Gasteiger partial charge on any atom is -0.303 e. The van der Waals surface area contributed by atoms with E-state index < -0.39 is 0 Å². The number of carbonyl (C=O) groups is 2. The van der Waals surface area contributed by atoms with Crippen LogP contribution in [0.1, 0.15) is 19.3 Å². The summed E-state index contributed by atoms with van der Waals surface area (Å²) in [4.78, 5) is 21.3. The molecule has 0 aromatic heterocycles. The summed E-state index contributed by atoms with van der Waals surface area (Å²) in [5, 5.41) is 0. The molecular formula is C7H11BO2. The van der Waals surface area contributed by atoms with Gasteiger partial charge in [0, 0.05) is 12.3 Å². The molecule has 1 aliphatic rings. The molecule has 1 aliphatic carbocycles. The largest absolute Gasteiger partial charge is 0.303 e. The van der Waals surface area contributed by atoms with Crippen molar-refractivity contribution in [3.05, 3.63) is 0 Å². The summed E-state index contributed by atoms with van der Waals surface area (Å²) in [5.41, 5.74) is 0. The minimum absolute atomic E-state index is 0.0173. The quantitative estimate of drug-likeness (QED) is 0.376. The van der Waals surface area contributed by atoms with Crippen LogP contribution in [0.3, 0.4) is 0 Å². The lowest BCUT2D eigenvalue weighted by atomic mass is 9.71. The molecule has 54 valence electrons. The highest BCUT2D eigenvalue weighted by Crippen LogP contribution is 2.25. The average Bonchev–Trinajstić information content (AvgIpc) is 1.95. The number of hydrogen-bond donors (Lipinski definition) is 0. The number of hydrogen-bond acceptors (Lipinski definition) is 2. The molecule has 10 heavy (non-hydrogen) atoms. The van der Waals surface area contributed by atoms with Gasteiger partial charge in [0.1, 0.15) is 19.9 Å². The van der Waals surface area contributed by atoms with Crippen molar-refractivity contribution < 1.29 is 9.59 Å². The van der Waals surface area contributed by atoms with Crippen molar-refractivity contribution in [3.63, 3.8) is 0 Å². The SMILES string of the molecule is BC1CCC(C=O)CC1=O. The highest BCUT2D eigenvalue weighted by molar-refractivity contribution is 6.24. The summed E-state index contributed by atoms with van der Waals surface area (Å²) in [6.07, 6.45) is 3.17. The van der Waals surface area contributed by atoms with Crippen molar-refractivity contribution in [3.8, 4) is 0 Å². The zero-order valence-electron chi connectivity index (χ0n) is 6.17. The number of ketones is 1. The maximum Gasteiger partial charge on any atom is 0.128 e. The van der Waals surface area contributed by atoms with Crippen LogP contribution in [0.2, 0.25) is 5.82 Å². The molecule has 0 aromatic rings. The molecule has 0 N–H and O–H groups in total. The van der Waals surface area contributed by atoms with Crippen LogP contribution in [0.4, 0.5) is 0 Å². The van der Waals surface area contributed by atoms with E-state index in [0.29, 0.717) is 6.42 Å². The number of aldehydes is 1. The standard InChI is InChI=1S/C7H11BO2/c8-6-2-1-5(4-9)3-7(6)10/h4-6H,1-3,8H2. The predicted molar refractivity (Wildman–Crippen MR) is 40.7 cm³/mol. The van der Waals surface area contributed by atoms with Crippen LogP contribution in [0.5, 0.6) is 0 Å². The molecule has 1 rings (SSSR count). The number of Topliss-reactive ketones (excluding diaryl/α,β-unsaturated/α-hetero) is 1. The van der Waals surface area contributed by atoms with Crippen LogP contribution in [-0.2, 0) is 9.59 Å². The fourth-order valence-corrected chi connectivity index (χ4v) is 1.30. The Morgan fingerprint density at radius 1 is 1.50 bits per heavy atom. The average molecular weight is 138 g/mol. The van der Waals surface area contributed by atoms with Crippen molar-refractivity contribution in [2.45, 2.75) is 25.1 Å². The Morgan fingerprint density at radius 3 is 2.70 bits per heavy atom. The molecule has 0 spiro atoms. The van der Waals surface area contributed by atoms with Gasteiger partial charge in [-0.25, -0.2) is 0 Å². The molecule has 2 unspecified atom stereocenters. The molecule has 0 saturated heterocycles. The molecule has 0 aromatic carbocycles. The Hall–Kier alpha value is -0.595. The van der Waals surface area contributed by atoms with Crippen molar-refractivity contribution in [1.82, 2.24) is 0 Å². The second-order valence-corrected chi connectivity index (χ2v) is 3.04. The Balaban J connectivity index is 2.48. The van der Waals surface area contributed by atoms with Gasteiger partial charge in [-0.2, -0.15) is 0 Å². The van der Waals surface area contributed by atoms with Gasteiger partial charge in [0.2, 0.25) is 0 Å². The monoisotopic (exact) mass is 138 g/mol. The van der Waals surface area contributed by atoms with E-state index in [1.165, 1.54) is 0 Å². The van der Waals surface area contributed by atoms with Crippen LogP contribution in [0.25, 0.3) is 0 Å². The van der Waals surface area contributed by atoms with E-state index >= 15 is 0 Å². The van der Waals surface area contributed by atoms with Gasteiger partial charge >= 0.3 is 0 Å². The lowest BCUT2D eigenvalue weighted by molar-refractivity contribution is -0.124. The molecule has 0 radical (unpaired) electrons. The second kappa shape index (κ2) is 2.99. The molecular weight excluding hydrogens is 127 g/mol. The Labute approximate surface area is 61.4 Å². The summed E-state index contributed by atoms with van der Waals surface area (Å²) >= 11 is 0. The molecule has 2 nitrogen and oxygen atoms in total. The van der Waals surface area contributed by atoms with Gasteiger partial charge in [-0.05, 0) is 12.2 Å². The first-order valence-electron chi connectivity index (χ1n) is 3.72. The van der Waals surface area contributed by atoms with Crippen LogP contribution in [0.15, 0.2) is 0 Å². The first kappa shape index (κ1) is 7.51. The van der Waals surface area contributed by atoms with Crippen molar-refractivity contribution in [2.75, 3.05) is 0 Å². The molecule has 1 saturated carbocycles. The molecule has 0 bridgehead atoms. The van der Waals surface area contributed by atoms with E-state index in [0.717, 1.165) is 19.1 Å². The zero-order valence-corrected chi connectivity index (χ0v) is 6.17. The molecule has 1 fully saturated rings. The Kier molecular flexibility index (Phi) is 2.25. The highest BCUT2D eigenvalue weighted by Gasteiger charge is 2.24. The summed E-state index contributed by atoms with van der Waals surface area (Å²) < 4.78 is 0.